The summed E-state index contributed by atoms with van der Waals surface area (Å²) in [6, 6.07) is 2.35. The molecule has 0 amide bonds. The van der Waals surface area contributed by atoms with Crippen LogP contribution in [0, 0.1) is 6.92 Å². The summed E-state index contributed by atoms with van der Waals surface area (Å²) in [5.74, 6) is 0.372. The first kappa shape index (κ1) is 11.2. The molecule has 1 aliphatic carbocycles. The Balaban J connectivity index is 2.00. The van der Waals surface area contributed by atoms with E-state index < -0.39 is 6.10 Å². The largest absolute Gasteiger partial charge is 0.383 e. The Kier molecular flexibility index (Phi) is 2.56. The van der Waals surface area contributed by atoms with Gasteiger partial charge in [-0.05, 0) is 31.4 Å². The maximum Gasteiger partial charge on any atom is 0.129 e. The van der Waals surface area contributed by atoms with Crippen LogP contribution in [0.2, 0.25) is 0 Å². The lowest BCUT2D eigenvalue weighted by Crippen LogP contribution is -2.10. The zero-order valence-electron chi connectivity index (χ0n) is 10.2. The van der Waals surface area contributed by atoms with Crippen molar-refractivity contribution in [3.05, 3.63) is 41.6 Å². The number of anilines is 1. The first-order valence-corrected chi connectivity index (χ1v) is 6.08. The fourth-order valence-corrected chi connectivity index (χ4v) is 2.17. The minimum Gasteiger partial charge on any atom is -0.383 e. The number of aliphatic hydroxyl groups is 1. The fraction of sp³-hybridized carbons (Fsp3) is 0.385. The van der Waals surface area contributed by atoms with Gasteiger partial charge >= 0.3 is 0 Å². The standard InChI is InChI=1S/C13H16N4O/c1-8-4-10(13(14)16-5-8)12(18)11-6-15-7-17(11)9-2-3-9/h4-7,9,12,18H,2-3H2,1H3,(H2,14,16). The number of nitrogens with zero attached hydrogens (tertiary/aromatic N) is 3. The Morgan fingerprint density at radius 2 is 2.22 bits per heavy atom. The molecule has 2 aromatic rings. The summed E-state index contributed by atoms with van der Waals surface area (Å²) in [5, 5.41) is 10.5. The van der Waals surface area contributed by atoms with Crippen LogP contribution in [0.3, 0.4) is 0 Å². The van der Waals surface area contributed by atoms with Crippen molar-refractivity contribution >= 4 is 5.82 Å². The fourth-order valence-electron chi connectivity index (χ4n) is 2.17. The van der Waals surface area contributed by atoms with Gasteiger partial charge in [0.1, 0.15) is 11.9 Å². The van der Waals surface area contributed by atoms with E-state index in [1.807, 2.05) is 17.6 Å². The highest BCUT2D eigenvalue weighted by molar-refractivity contribution is 5.45. The van der Waals surface area contributed by atoms with Crippen molar-refractivity contribution in [2.24, 2.45) is 0 Å². The topological polar surface area (TPSA) is 77.0 Å². The third kappa shape index (κ3) is 1.86. The van der Waals surface area contributed by atoms with E-state index in [-0.39, 0.29) is 0 Å². The average Bonchev–Trinajstić information content (AvgIpc) is 3.09. The normalized spacial score (nSPS) is 16.8. The summed E-state index contributed by atoms with van der Waals surface area (Å²) in [5.41, 5.74) is 8.26. The van der Waals surface area contributed by atoms with Gasteiger partial charge in [-0.3, -0.25) is 0 Å². The van der Waals surface area contributed by atoms with Crippen LogP contribution in [0.1, 0.15) is 41.8 Å². The second kappa shape index (κ2) is 4.10. The number of hydrogen-bond donors (Lipinski definition) is 2. The number of hydrogen-bond acceptors (Lipinski definition) is 4. The molecule has 1 fully saturated rings. The van der Waals surface area contributed by atoms with Crippen LogP contribution in [0.15, 0.2) is 24.8 Å². The van der Waals surface area contributed by atoms with Gasteiger partial charge in [-0.15, -0.1) is 0 Å². The number of nitrogen functional groups attached to an aromatic ring is 1. The van der Waals surface area contributed by atoms with Crippen LogP contribution in [0.4, 0.5) is 5.82 Å². The van der Waals surface area contributed by atoms with Gasteiger partial charge in [-0.25, -0.2) is 9.97 Å². The van der Waals surface area contributed by atoms with E-state index >= 15 is 0 Å². The SMILES string of the molecule is Cc1cnc(N)c(C(O)c2cncn2C2CC2)c1. The molecule has 0 spiro atoms. The molecule has 0 aliphatic heterocycles. The second-order valence-corrected chi connectivity index (χ2v) is 4.85. The lowest BCUT2D eigenvalue weighted by atomic mass is 10.1. The molecule has 1 saturated carbocycles. The molecule has 18 heavy (non-hydrogen) atoms. The maximum atomic E-state index is 10.5. The van der Waals surface area contributed by atoms with E-state index in [4.69, 9.17) is 5.73 Å². The molecule has 0 radical (unpaired) electrons. The van der Waals surface area contributed by atoms with Crippen LogP contribution < -0.4 is 5.73 Å². The maximum absolute atomic E-state index is 10.5. The van der Waals surface area contributed by atoms with Crippen molar-refractivity contribution in [2.75, 3.05) is 5.73 Å². The number of aryl methyl sites for hydroxylation is 1. The van der Waals surface area contributed by atoms with Crippen molar-refractivity contribution in [3.63, 3.8) is 0 Å². The molecular weight excluding hydrogens is 228 g/mol. The van der Waals surface area contributed by atoms with Gasteiger partial charge in [0.15, 0.2) is 0 Å². The van der Waals surface area contributed by atoms with E-state index in [9.17, 15) is 5.11 Å². The quantitative estimate of drug-likeness (QED) is 0.859. The smallest absolute Gasteiger partial charge is 0.129 e. The number of aliphatic hydroxyl groups excluding tert-OH is 1. The van der Waals surface area contributed by atoms with Gasteiger partial charge in [0.25, 0.3) is 0 Å². The van der Waals surface area contributed by atoms with Crippen molar-refractivity contribution in [1.29, 1.82) is 0 Å². The van der Waals surface area contributed by atoms with E-state index in [2.05, 4.69) is 9.97 Å². The first-order chi connectivity index (χ1) is 8.66. The molecule has 5 nitrogen and oxygen atoms in total. The van der Waals surface area contributed by atoms with Crippen LogP contribution in [-0.2, 0) is 0 Å². The Bertz CT molecular complexity index is 574. The minimum absolute atomic E-state index is 0.372. The molecule has 2 heterocycles. The van der Waals surface area contributed by atoms with Crippen LogP contribution in [0.25, 0.3) is 0 Å². The Labute approximate surface area is 105 Å². The van der Waals surface area contributed by atoms with Gasteiger partial charge < -0.3 is 15.4 Å². The van der Waals surface area contributed by atoms with Crippen LogP contribution in [0.5, 0.6) is 0 Å². The number of nitrogens with two attached hydrogens (primary N) is 1. The first-order valence-electron chi connectivity index (χ1n) is 6.08. The van der Waals surface area contributed by atoms with Crippen molar-refractivity contribution < 1.29 is 5.11 Å². The molecule has 1 atom stereocenters. The average molecular weight is 244 g/mol. The van der Waals surface area contributed by atoms with Crippen molar-refractivity contribution in [1.82, 2.24) is 14.5 Å². The van der Waals surface area contributed by atoms with E-state index in [0.717, 1.165) is 24.1 Å². The van der Waals surface area contributed by atoms with Crippen LogP contribution in [-0.4, -0.2) is 19.6 Å². The lowest BCUT2D eigenvalue weighted by molar-refractivity contribution is 0.210. The molecule has 3 rings (SSSR count). The molecule has 5 heteroatoms. The Hall–Kier alpha value is -1.88. The van der Waals surface area contributed by atoms with Gasteiger partial charge in [0.05, 0.1) is 18.2 Å². The molecule has 3 N–H and O–H groups in total. The summed E-state index contributed by atoms with van der Waals surface area (Å²) in [7, 11) is 0. The molecule has 0 saturated heterocycles. The predicted molar refractivity (Wildman–Crippen MR) is 67.9 cm³/mol. The van der Waals surface area contributed by atoms with E-state index in [1.54, 1.807) is 18.7 Å². The Morgan fingerprint density at radius 3 is 2.94 bits per heavy atom. The van der Waals surface area contributed by atoms with Crippen LogP contribution >= 0.6 is 0 Å². The highest BCUT2D eigenvalue weighted by atomic mass is 16.3. The zero-order valence-corrected chi connectivity index (χ0v) is 10.2. The van der Waals surface area contributed by atoms with Gasteiger partial charge in [-0.2, -0.15) is 0 Å². The third-order valence-electron chi connectivity index (χ3n) is 3.30. The summed E-state index contributed by atoms with van der Waals surface area (Å²) < 4.78 is 2.03. The van der Waals surface area contributed by atoms with Gasteiger partial charge in [-0.1, -0.05) is 0 Å². The molecular formula is C13H16N4O. The number of imidazole rings is 1. The number of pyridine rings is 1. The van der Waals surface area contributed by atoms with Crippen molar-refractivity contribution in [3.8, 4) is 0 Å². The monoisotopic (exact) mass is 244 g/mol. The second-order valence-electron chi connectivity index (χ2n) is 4.85. The predicted octanol–water partition coefficient (Wildman–Crippen LogP) is 1.59. The third-order valence-corrected chi connectivity index (χ3v) is 3.30. The number of rotatable bonds is 3. The van der Waals surface area contributed by atoms with E-state index in [1.165, 1.54) is 0 Å². The summed E-state index contributed by atoms with van der Waals surface area (Å²) in [6.45, 7) is 1.93. The molecule has 94 valence electrons. The summed E-state index contributed by atoms with van der Waals surface area (Å²) in [4.78, 5) is 8.21. The molecule has 0 bridgehead atoms. The summed E-state index contributed by atoms with van der Waals surface area (Å²) in [6.07, 6.45) is 6.71. The highest BCUT2D eigenvalue weighted by Crippen LogP contribution is 2.38. The van der Waals surface area contributed by atoms with Gasteiger partial charge in [0, 0.05) is 17.8 Å². The van der Waals surface area contributed by atoms with E-state index in [0.29, 0.717) is 17.4 Å². The molecule has 1 aliphatic rings. The molecule has 2 aromatic heterocycles. The van der Waals surface area contributed by atoms with Crippen molar-refractivity contribution in [2.45, 2.75) is 31.9 Å². The van der Waals surface area contributed by atoms with Gasteiger partial charge in [0.2, 0.25) is 0 Å². The zero-order chi connectivity index (χ0) is 12.7. The highest BCUT2D eigenvalue weighted by Gasteiger charge is 2.28. The number of aromatic nitrogens is 3. The minimum atomic E-state index is -0.763. The molecule has 0 aromatic carbocycles. The lowest BCUT2D eigenvalue weighted by Gasteiger charge is -2.15. The molecule has 1 unspecified atom stereocenters. The summed E-state index contributed by atoms with van der Waals surface area (Å²) >= 11 is 0. The Morgan fingerprint density at radius 1 is 1.44 bits per heavy atom.